The Morgan fingerprint density at radius 1 is 1.43 bits per heavy atom. The van der Waals surface area contributed by atoms with Crippen LogP contribution in [0.5, 0.6) is 0 Å². The number of carboxylic acid groups (broad SMARTS) is 1. The summed E-state index contributed by atoms with van der Waals surface area (Å²) >= 11 is 1.51. The van der Waals surface area contributed by atoms with Gasteiger partial charge in [0.1, 0.15) is 6.04 Å². The summed E-state index contributed by atoms with van der Waals surface area (Å²) in [5.74, 6) is -0.664. The first-order valence-corrected chi connectivity index (χ1v) is 8.16. The van der Waals surface area contributed by atoms with Crippen molar-refractivity contribution >= 4 is 29.3 Å². The minimum atomic E-state index is -0.931. The second-order valence-electron chi connectivity index (χ2n) is 5.40. The first kappa shape index (κ1) is 14.3. The van der Waals surface area contributed by atoms with Crippen molar-refractivity contribution in [2.24, 2.45) is 0 Å². The van der Waals surface area contributed by atoms with Crippen LogP contribution in [0.2, 0.25) is 0 Å². The summed E-state index contributed by atoms with van der Waals surface area (Å²) in [5.41, 5.74) is 2.80. The van der Waals surface area contributed by atoms with Crippen LogP contribution in [-0.2, 0) is 11.2 Å². The third-order valence-electron chi connectivity index (χ3n) is 4.03. The van der Waals surface area contributed by atoms with Gasteiger partial charge in [0.15, 0.2) is 0 Å². The Labute approximate surface area is 127 Å². The molecular weight excluding hydrogens is 288 g/mol. The molecular formula is C15H18N2O3S. The molecule has 2 atom stereocenters. The molecule has 0 radical (unpaired) electrons. The fourth-order valence-electron chi connectivity index (χ4n) is 2.90. The lowest BCUT2D eigenvalue weighted by atomic mass is 10.00. The Hall–Kier alpha value is -1.69. The Balaban J connectivity index is 1.89. The molecule has 5 nitrogen and oxygen atoms in total. The maximum absolute atomic E-state index is 12.7. The number of fused-ring (bicyclic) bond motifs is 1. The molecule has 2 heterocycles. The number of rotatable bonds is 2. The first-order chi connectivity index (χ1) is 10.1. The van der Waals surface area contributed by atoms with Crippen molar-refractivity contribution < 1.29 is 14.7 Å². The van der Waals surface area contributed by atoms with E-state index in [-0.39, 0.29) is 11.3 Å². The van der Waals surface area contributed by atoms with Crippen LogP contribution < -0.4 is 5.32 Å². The quantitative estimate of drug-likeness (QED) is 0.875. The molecule has 2 aliphatic rings. The second kappa shape index (κ2) is 5.60. The van der Waals surface area contributed by atoms with E-state index in [9.17, 15) is 14.7 Å². The summed E-state index contributed by atoms with van der Waals surface area (Å²) in [5, 5.41) is 12.5. The van der Waals surface area contributed by atoms with Gasteiger partial charge in [-0.2, -0.15) is 0 Å². The van der Waals surface area contributed by atoms with Crippen molar-refractivity contribution in [3.05, 3.63) is 29.3 Å². The van der Waals surface area contributed by atoms with E-state index in [2.05, 4.69) is 5.32 Å². The predicted octanol–water partition coefficient (Wildman–Crippen LogP) is 2.03. The standard InChI is InChI=1S/C15H18N2O3S/c1-9-17(13(8-21-9)15(19)20)14(18)11-4-5-12-10(7-11)3-2-6-16-12/h4-5,7,9,13,16H,2-3,6,8H2,1H3,(H,19,20). The zero-order valence-electron chi connectivity index (χ0n) is 11.8. The Bertz CT molecular complexity index is 590. The third-order valence-corrected chi connectivity index (χ3v) is 5.25. The molecule has 0 bridgehead atoms. The van der Waals surface area contributed by atoms with Gasteiger partial charge >= 0.3 is 5.97 Å². The number of benzene rings is 1. The van der Waals surface area contributed by atoms with Gasteiger partial charge in [-0.1, -0.05) is 0 Å². The molecule has 6 heteroatoms. The maximum atomic E-state index is 12.7. The van der Waals surface area contributed by atoms with Gasteiger partial charge in [0.25, 0.3) is 5.91 Å². The lowest BCUT2D eigenvalue weighted by Crippen LogP contribution is -2.44. The molecule has 1 saturated heterocycles. The number of hydrogen-bond acceptors (Lipinski definition) is 4. The van der Waals surface area contributed by atoms with Crippen LogP contribution >= 0.6 is 11.8 Å². The summed E-state index contributed by atoms with van der Waals surface area (Å²) in [4.78, 5) is 25.5. The van der Waals surface area contributed by atoms with Crippen molar-refractivity contribution in [1.29, 1.82) is 0 Å². The molecule has 3 rings (SSSR count). The van der Waals surface area contributed by atoms with Gasteiger partial charge in [0, 0.05) is 23.5 Å². The van der Waals surface area contributed by atoms with E-state index < -0.39 is 12.0 Å². The van der Waals surface area contributed by atoms with E-state index in [1.165, 1.54) is 16.7 Å². The maximum Gasteiger partial charge on any atom is 0.327 e. The lowest BCUT2D eigenvalue weighted by Gasteiger charge is -2.26. The van der Waals surface area contributed by atoms with Gasteiger partial charge in [0.2, 0.25) is 0 Å². The molecule has 2 aliphatic heterocycles. The molecule has 2 unspecified atom stereocenters. The average molecular weight is 306 g/mol. The normalized spacial score (nSPS) is 24.3. The summed E-state index contributed by atoms with van der Waals surface area (Å²) in [6.45, 7) is 2.84. The van der Waals surface area contributed by atoms with Crippen molar-refractivity contribution in [2.75, 3.05) is 17.6 Å². The Kier molecular flexibility index (Phi) is 3.80. The van der Waals surface area contributed by atoms with Gasteiger partial charge in [0.05, 0.1) is 5.37 Å². The van der Waals surface area contributed by atoms with Gasteiger partial charge in [-0.15, -0.1) is 11.8 Å². The van der Waals surface area contributed by atoms with Gasteiger partial charge in [-0.05, 0) is 43.5 Å². The molecule has 0 saturated carbocycles. The smallest absolute Gasteiger partial charge is 0.327 e. The molecule has 1 aromatic carbocycles. The van der Waals surface area contributed by atoms with E-state index in [0.717, 1.165) is 30.6 Å². The number of amides is 1. The summed E-state index contributed by atoms with van der Waals surface area (Å²) < 4.78 is 0. The van der Waals surface area contributed by atoms with Crippen LogP contribution in [0.15, 0.2) is 18.2 Å². The fourth-order valence-corrected chi connectivity index (χ4v) is 4.07. The van der Waals surface area contributed by atoms with Crippen LogP contribution in [0.4, 0.5) is 5.69 Å². The number of hydrogen-bond donors (Lipinski definition) is 2. The largest absolute Gasteiger partial charge is 0.480 e. The monoisotopic (exact) mass is 306 g/mol. The molecule has 112 valence electrons. The Morgan fingerprint density at radius 3 is 3.00 bits per heavy atom. The fraction of sp³-hybridized carbons (Fsp3) is 0.467. The predicted molar refractivity (Wildman–Crippen MR) is 82.8 cm³/mol. The number of carbonyl (C=O) groups is 2. The molecule has 0 spiro atoms. The number of nitrogens with one attached hydrogen (secondary N) is 1. The number of carboxylic acids is 1. The van der Waals surface area contributed by atoms with Crippen molar-refractivity contribution in [3.8, 4) is 0 Å². The number of aliphatic carboxylic acids is 1. The van der Waals surface area contributed by atoms with Crippen molar-refractivity contribution in [3.63, 3.8) is 0 Å². The highest BCUT2D eigenvalue weighted by atomic mass is 32.2. The molecule has 1 aromatic rings. The molecule has 21 heavy (non-hydrogen) atoms. The number of aryl methyl sites for hydroxylation is 1. The summed E-state index contributed by atoms with van der Waals surface area (Å²) in [7, 11) is 0. The number of nitrogens with zero attached hydrogens (tertiary/aromatic N) is 1. The van der Waals surface area contributed by atoms with E-state index in [0.29, 0.717) is 11.3 Å². The lowest BCUT2D eigenvalue weighted by molar-refractivity contribution is -0.141. The number of anilines is 1. The SMILES string of the molecule is CC1SCC(C(=O)O)N1C(=O)c1ccc2c(c1)CCCN2. The van der Waals surface area contributed by atoms with Gasteiger partial charge < -0.3 is 15.3 Å². The Morgan fingerprint density at radius 2 is 2.24 bits per heavy atom. The number of carbonyl (C=O) groups excluding carboxylic acids is 1. The zero-order valence-corrected chi connectivity index (χ0v) is 12.7. The minimum Gasteiger partial charge on any atom is -0.480 e. The van der Waals surface area contributed by atoms with Crippen LogP contribution in [0.1, 0.15) is 29.3 Å². The molecule has 0 aromatic heterocycles. The summed E-state index contributed by atoms with van der Waals surface area (Å²) in [6, 6.07) is 4.88. The molecule has 0 aliphatic carbocycles. The zero-order chi connectivity index (χ0) is 15.0. The second-order valence-corrected chi connectivity index (χ2v) is 6.75. The minimum absolute atomic E-state index is 0.104. The number of thioether (sulfide) groups is 1. The van der Waals surface area contributed by atoms with E-state index in [4.69, 9.17) is 0 Å². The van der Waals surface area contributed by atoms with E-state index >= 15 is 0 Å². The summed E-state index contributed by atoms with van der Waals surface area (Å²) in [6.07, 6.45) is 2.01. The average Bonchev–Trinajstić information content (AvgIpc) is 2.88. The van der Waals surface area contributed by atoms with Gasteiger partial charge in [-0.3, -0.25) is 4.79 Å². The van der Waals surface area contributed by atoms with Crippen LogP contribution in [0.3, 0.4) is 0 Å². The first-order valence-electron chi connectivity index (χ1n) is 7.12. The van der Waals surface area contributed by atoms with Crippen molar-refractivity contribution in [1.82, 2.24) is 4.90 Å². The van der Waals surface area contributed by atoms with Crippen LogP contribution in [0, 0.1) is 0 Å². The van der Waals surface area contributed by atoms with Crippen LogP contribution in [-0.4, -0.2) is 45.6 Å². The van der Waals surface area contributed by atoms with E-state index in [1.807, 2.05) is 19.1 Å². The van der Waals surface area contributed by atoms with Crippen molar-refractivity contribution in [2.45, 2.75) is 31.2 Å². The van der Waals surface area contributed by atoms with Gasteiger partial charge in [-0.25, -0.2) is 4.79 Å². The highest BCUT2D eigenvalue weighted by Crippen LogP contribution is 2.31. The van der Waals surface area contributed by atoms with Crippen LogP contribution in [0.25, 0.3) is 0 Å². The highest BCUT2D eigenvalue weighted by molar-refractivity contribution is 8.00. The topological polar surface area (TPSA) is 69.6 Å². The molecule has 2 N–H and O–H groups in total. The third kappa shape index (κ3) is 2.60. The molecule has 1 fully saturated rings. The molecule has 1 amide bonds. The highest BCUT2D eigenvalue weighted by Gasteiger charge is 2.39. The van der Waals surface area contributed by atoms with E-state index in [1.54, 1.807) is 6.07 Å².